The van der Waals surface area contributed by atoms with Crippen LogP contribution in [-0.2, 0) is 19.2 Å². The van der Waals surface area contributed by atoms with E-state index in [0.717, 1.165) is 17.0 Å². The van der Waals surface area contributed by atoms with Crippen molar-refractivity contribution in [3.8, 4) is 11.5 Å². The van der Waals surface area contributed by atoms with Crippen LogP contribution in [0.25, 0.3) is 0 Å². The lowest BCUT2D eigenvalue weighted by atomic mass is 9.56. The number of halogens is 4. The van der Waals surface area contributed by atoms with Gasteiger partial charge in [0.05, 0.1) is 39.9 Å². The van der Waals surface area contributed by atoms with Crippen molar-refractivity contribution in [2.24, 2.45) is 17.8 Å². The minimum Gasteiger partial charge on any atom is -0.504 e. The van der Waals surface area contributed by atoms with E-state index in [1.165, 1.54) is 38.2 Å². The molecule has 4 aliphatic rings. The first kappa shape index (κ1) is 35.0. The van der Waals surface area contributed by atoms with Gasteiger partial charge in [-0.25, -0.2) is 4.90 Å². The number of nitro benzene ring substituents is 2. The van der Waals surface area contributed by atoms with Gasteiger partial charge in [-0.15, -0.1) is 23.2 Å². The number of anilines is 2. The number of ether oxygens (including phenoxy) is 1. The number of imide groups is 2. The molecule has 49 heavy (non-hydrogen) atoms. The number of hydrogen-bond acceptors (Lipinski definition) is 11. The van der Waals surface area contributed by atoms with Crippen LogP contribution in [-0.4, -0.2) is 79.9 Å². The average molecular weight is 846 g/mol. The second-order valence-corrected chi connectivity index (χ2v) is 14.9. The second kappa shape index (κ2) is 11.9. The number of phenols is 1. The Kier molecular flexibility index (Phi) is 8.52. The van der Waals surface area contributed by atoms with Crippen LogP contribution in [0, 0.1) is 38.0 Å². The van der Waals surface area contributed by atoms with Crippen molar-refractivity contribution in [2.45, 2.75) is 28.5 Å². The zero-order valence-corrected chi connectivity index (χ0v) is 30.4. The lowest BCUT2D eigenvalue weighted by Gasteiger charge is -2.50. The number of phenolic OH excluding ortho intramolecular Hbond substituents is 1. The zero-order valence-electron chi connectivity index (χ0n) is 25.7. The summed E-state index contributed by atoms with van der Waals surface area (Å²) in [6.07, 6.45) is 1.20. The van der Waals surface area contributed by atoms with Crippen molar-refractivity contribution in [1.82, 2.24) is 4.90 Å². The summed E-state index contributed by atoms with van der Waals surface area (Å²) in [6, 6.07) is 4.83. The molecule has 258 valence electrons. The van der Waals surface area contributed by atoms with Gasteiger partial charge in [0, 0.05) is 42.2 Å². The van der Waals surface area contributed by atoms with Crippen molar-refractivity contribution in [1.29, 1.82) is 0 Å². The number of hydrogen-bond donors (Lipinski definition) is 1. The summed E-state index contributed by atoms with van der Waals surface area (Å²) < 4.78 is 5.76. The molecule has 2 aliphatic carbocycles. The number of nitrogens with zero attached hydrogens (tertiary/aromatic N) is 5. The van der Waals surface area contributed by atoms with E-state index in [2.05, 4.69) is 31.9 Å². The summed E-state index contributed by atoms with van der Waals surface area (Å²) in [7, 11) is 4.08. The van der Waals surface area contributed by atoms with Crippen molar-refractivity contribution < 1.29 is 38.9 Å². The Labute approximate surface area is 304 Å². The number of carbonyl (C=O) groups excluding carboxylic acids is 4. The molecule has 6 atom stereocenters. The normalized spacial score (nSPS) is 29.0. The van der Waals surface area contributed by atoms with Crippen molar-refractivity contribution in [2.75, 3.05) is 36.5 Å². The molecule has 4 amide bonds. The molecule has 0 aromatic heterocycles. The fourth-order valence-electron chi connectivity index (χ4n) is 7.78. The summed E-state index contributed by atoms with van der Waals surface area (Å²) in [5.74, 6) is -8.25. The number of methoxy groups -OCH3 is 1. The Morgan fingerprint density at radius 2 is 1.63 bits per heavy atom. The summed E-state index contributed by atoms with van der Waals surface area (Å²) in [5.41, 5.74) is -1.92. The molecule has 1 saturated carbocycles. The zero-order chi connectivity index (χ0) is 36.1. The van der Waals surface area contributed by atoms with Gasteiger partial charge in [-0.2, -0.15) is 0 Å². The Bertz CT molecular complexity index is 1910. The standard InChI is InChI=1S/C30H25Br2Cl2N5O10/c1-35(2)23-18(38(45)46)8-13(9-19(23)39(47)48)37-25(41)15-5-4-14-17(21(15)26(37)42)10-29(33)27(43)36(11-31)28(44)30(29,34)22(14)16-6-12(32)7-20(49-3)24(16)40/h4,6-9,15,17,21-22,40H,5,10-11H2,1-3H3/t15-,17+,21-,22+,29+,30-/m0/s1. The van der Waals surface area contributed by atoms with Gasteiger partial charge in [-0.3, -0.25) is 44.3 Å². The maximum absolute atomic E-state index is 14.4. The van der Waals surface area contributed by atoms with Gasteiger partial charge in [0.25, 0.3) is 11.8 Å². The number of amides is 4. The molecule has 2 heterocycles. The van der Waals surface area contributed by atoms with Gasteiger partial charge in [0.1, 0.15) is 0 Å². The van der Waals surface area contributed by atoms with E-state index in [1.807, 2.05) is 0 Å². The quantitative estimate of drug-likeness (QED) is 0.0989. The highest BCUT2D eigenvalue weighted by molar-refractivity contribution is 9.10. The summed E-state index contributed by atoms with van der Waals surface area (Å²) in [4.78, 5) is 77.1. The number of aromatic hydroxyl groups is 1. The minimum absolute atomic E-state index is 0.0120. The number of benzene rings is 2. The fourth-order valence-corrected chi connectivity index (χ4v) is 9.65. The van der Waals surface area contributed by atoms with Gasteiger partial charge in [0.15, 0.2) is 26.9 Å². The Hall–Kier alpha value is -3.80. The van der Waals surface area contributed by atoms with Crippen LogP contribution in [0.3, 0.4) is 0 Å². The van der Waals surface area contributed by atoms with Crippen LogP contribution in [0.5, 0.6) is 11.5 Å². The summed E-state index contributed by atoms with van der Waals surface area (Å²) >= 11 is 21.0. The number of rotatable bonds is 7. The fraction of sp³-hybridized carbons (Fsp3) is 0.400. The van der Waals surface area contributed by atoms with Crippen LogP contribution in [0.1, 0.15) is 24.3 Å². The smallest absolute Gasteiger partial charge is 0.301 e. The van der Waals surface area contributed by atoms with E-state index >= 15 is 0 Å². The molecule has 0 unspecified atom stereocenters. The van der Waals surface area contributed by atoms with Crippen molar-refractivity contribution in [3.05, 3.63) is 66.2 Å². The molecule has 0 spiro atoms. The summed E-state index contributed by atoms with van der Waals surface area (Å²) in [6.45, 7) is 0. The molecule has 15 nitrogen and oxygen atoms in total. The number of allylic oxidation sites excluding steroid dienone is 2. The molecule has 0 radical (unpaired) electrons. The van der Waals surface area contributed by atoms with E-state index < -0.39 is 84.0 Å². The number of alkyl halides is 3. The second-order valence-electron chi connectivity index (χ2n) is 12.3. The molecule has 2 aromatic rings. The molecular weight excluding hydrogens is 821 g/mol. The molecule has 3 fully saturated rings. The Morgan fingerprint density at radius 3 is 2.16 bits per heavy atom. The van der Waals surface area contributed by atoms with E-state index in [-0.39, 0.29) is 41.0 Å². The number of fused-ring (bicyclic) bond motifs is 4. The molecule has 2 aromatic carbocycles. The lowest BCUT2D eigenvalue weighted by molar-refractivity contribution is -0.392. The molecular formula is C30H25Br2Cl2N5O10. The third-order valence-corrected chi connectivity index (χ3v) is 12.1. The lowest BCUT2D eigenvalue weighted by Crippen LogP contribution is -2.60. The predicted octanol–water partition coefficient (Wildman–Crippen LogP) is 4.96. The van der Waals surface area contributed by atoms with Crippen LogP contribution < -0.4 is 14.5 Å². The topological polar surface area (TPSA) is 194 Å². The average Bonchev–Trinajstić information content (AvgIpc) is 3.38. The van der Waals surface area contributed by atoms with Crippen molar-refractivity contribution >= 4 is 101 Å². The molecule has 19 heteroatoms. The van der Waals surface area contributed by atoms with Crippen LogP contribution in [0.15, 0.2) is 40.4 Å². The Morgan fingerprint density at radius 1 is 1.02 bits per heavy atom. The van der Waals surface area contributed by atoms with Gasteiger partial charge in [-0.05, 0) is 30.9 Å². The van der Waals surface area contributed by atoms with E-state index in [9.17, 15) is 44.5 Å². The van der Waals surface area contributed by atoms with Crippen LogP contribution in [0.2, 0.25) is 0 Å². The first-order valence-electron chi connectivity index (χ1n) is 14.5. The van der Waals surface area contributed by atoms with Crippen LogP contribution >= 0.6 is 55.1 Å². The number of carbonyl (C=O) groups is 4. The molecule has 0 bridgehead atoms. The van der Waals surface area contributed by atoms with Gasteiger partial charge in [-0.1, -0.05) is 43.5 Å². The molecule has 6 rings (SSSR count). The van der Waals surface area contributed by atoms with Gasteiger partial charge < -0.3 is 14.7 Å². The highest BCUT2D eigenvalue weighted by Crippen LogP contribution is 2.67. The first-order valence-corrected chi connectivity index (χ1v) is 17.2. The minimum atomic E-state index is -2.20. The maximum atomic E-state index is 14.4. The largest absolute Gasteiger partial charge is 0.504 e. The molecule has 2 saturated heterocycles. The van der Waals surface area contributed by atoms with Gasteiger partial charge in [0.2, 0.25) is 11.8 Å². The van der Waals surface area contributed by atoms with Gasteiger partial charge >= 0.3 is 11.4 Å². The van der Waals surface area contributed by atoms with E-state index in [0.29, 0.717) is 14.9 Å². The third kappa shape index (κ3) is 4.72. The molecule has 1 N–H and O–H groups in total. The monoisotopic (exact) mass is 843 g/mol. The number of nitro groups is 2. The Balaban J connectivity index is 1.54. The predicted molar refractivity (Wildman–Crippen MR) is 182 cm³/mol. The highest BCUT2D eigenvalue weighted by Gasteiger charge is 2.76. The SMILES string of the molecule is COc1cc(Br)cc([C@H]2C3=CC[C@@H]4C(=O)N(c5cc([N+](=O)[O-])c(N(C)C)c([N+](=O)[O-])c5)C(=O)[C@@H]4[C@@H]3C[C@@]3(Cl)C(=O)N(CBr)C(=O)[C@@]23Cl)c1O. The summed E-state index contributed by atoms with van der Waals surface area (Å²) in [5, 5.41) is 35.5. The maximum Gasteiger partial charge on any atom is 0.301 e. The van der Waals surface area contributed by atoms with E-state index in [1.54, 1.807) is 6.08 Å². The van der Waals surface area contributed by atoms with E-state index in [4.69, 9.17) is 27.9 Å². The van der Waals surface area contributed by atoms with Crippen molar-refractivity contribution in [3.63, 3.8) is 0 Å². The first-order chi connectivity index (χ1) is 23.0. The molecule has 2 aliphatic heterocycles. The highest BCUT2D eigenvalue weighted by atomic mass is 79.9. The number of likely N-dealkylation sites (tertiary alicyclic amines) is 1. The third-order valence-electron chi connectivity index (χ3n) is 9.77. The van der Waals surface area contributed by atoms with Crippen LogP contribution in [0.4, 0.5) is 22.7 Å².